The van der Waals surface area contributed by atoms with Crippen LogP contribution in [-0.4, -0.2) is 97.0 Å². The van der Waals surface area contributed by atoms with Crippen LogP contribution in [-0.2, 0) is 9.47 Å². The first-order chi connectivity index (χ1) is 20.8. The molecule has 1 aliphatic heterocycles. The molecule has 0 spiro atoms. The number of aliphatic hydroxyl groups excluding tert-OH is 6. The van der Waals surface area contributed by atoms with Crippen LogP contribution in [0, 0.1) is 45.3 Å². The minimum absolute atomic E-state index is 0.0548. The van der Waals surface area contributed by atoms with Gasteiger partial charge in [0.15, 0.2) is 6.29 Å². The predicted molar refractivity (Wildman–Crippen MR) is 170 cm³/mol. The van der Waals surface area contributed by atoms with Gasteiger partial charge in [-0.15, -0.1) is 0 Å². The van der Waals surface area contributed by atoms with E-state index in [4.69, 9.17) is 9.47 Å². The molecule has 4 saturated carbocycles. The van der Waals surface area contributed by atoms with Gasteiger partial charge in [0.05, 0.1) is 30.5 Å². The standard InChI is InChI=1S/C36H62O9/c1-19(2)10-9-13-36(8,43)20-11-15-34(6)26(20)21(38)16-24-33(5)14-12-25(39)32(3,4)30(33)22(17-35(24,34)7)44-31-29(42)28(41)27(40)23(18-37)45-31/h10,20-31,37-43H,9,11-18H2,1-8H3/t20-,21+,22-,23+,24+,25-,26-,27+,28-,29+,30-,31?,33+,34+,35+,36?/m0/s1. The van der Waals surface area contributed by atoms with Crippen LogP contribution < -0.4 is 0 Å². The Hall–Kier alpha value is -0.620. The van der Waals surface area contributed by atoms with E-state index in [1.807, 2.05) is 6.92 Å². The van der Waals surface area contributed by atoms with E-state index in [0.29, 0.717) is 25.7 Å². The van der Waals surface area contributed by atoms with Crippen molar-refractivity contribution in [2.45, 2.75) is 161 Å². The highest BCUT2D eigenvalue weighted by atomic mass is 16.7. The molecule has 260 valence electrons. The summed E-state index contributed by atoms with van der Waals surface area (Å²) < 4.78 is 12.6. The van der Waals surface area contributed by atoms with Gasteiger partial charge >= 0.3 is 0 Å². The molecule has 9 heteroatoms. The van der Waals surface area contributed by atoms with E-state index in [-0.39, 0.29) is 39.9 Å². The van der Waals surface area contributed by atoms with Crippen LogP contribution in [0.15, 0.2) is 11.6 Å². The molecule has 1 heterocycles. The summed E-state index contributed by atoms with van der Waals surface area (Å²) in [7, 11) is 0. The average Bonchev–Trinajstić information content (AvgIpc) is 3.33. The molecule has 4 aliphatic carbocycles. The molecule has 5 aliphatic rings. The van der Waals surface area contributed by atoms with Crippen LogP contribution in [0.25, 0.3) is 0 Å². The van der Waals surface area contributed by atoms with E-state index >= 15 is 0 Å². The molecule has 0 aromatic heterocycles. The summed E-state index contributed by atoms with van der Waals surface area (Å²) >= 11 is 0. The fourth-order valence-corrected chi connectivity index (χ4v) is 11.9. The van der Waals surface area contributed by atoms with Gasteiger partial charge in [-0.1, -0.05) is 46.3 Å². The van der Waals surface area contributed by atoms with E-state index in [1.165, 1.54) is 5.57 Å². The summed E-state index contributed by atoms with van der Waals surface area (Å²) in [6.45, 7) is 16.6. The quantitative estimate of drug-likeness (QED) is 0.164. The lowest BCUT2D eigenvalue weighted by Gasteiger charge is -2.72. The van der Waals surface area contributed by atoms with Gasteiger partial charge in [0, 0.05) is 0 Å². The molecular weight excluding hydrogens is 576 g/mol. The monoisotopic (exact) mass is 638 g/mol. The number of allylic oxidation sites excluding steroid dienone is 2. The predicted octanol–water partition coefficient (Wildman–Crippen LogP) is 3.30. The zero-order valence-electron chi connectivity index (χ0n) is 28.8. The second kappa shape index (κ2) is 12.1. The SMILES string of the molecule is CC(C)=CCCC(C)(O)[C@H]1CC[C@]2(C)[C@@H]1[C@H](O)C[C@@H]1[C@@]3(C)CC[C@H](O)C(C)(C)[C@@H]3[C@@H](OC3O[C@H](CO)[C@@H](O)[C@H](O)[C@H]3O)C[C@]12C. The maximum atomic E-state index is 12.1. The third kappa shape index (κ3) is 5.48. The van der Waals surface area contributed by atoms with Crippen LogP contribution in [0.2, 0.25) is 0 Å². The van der Waals surface area contributed by atoms with E-state index in [9.17, 15) is 35.7 Å². The van der Waals surface area contributed by atoms with Gasteiger partial charge in [-0.25, -0.2) is 0 Å². The molecule has 2 unspecified atom stereocenters. The van der Waals surface area contributed by atoms with Crippen LogP contribution in [0.1, 0.15) is 107 Å². The first kappa shape index (κ1) is 35.7. The number of hydrogen-bond acceptors (Lipinski definition) is 9. The molecule has 5 fully saturated rings. The van der Waals surface area contributed by atoms with Gasteiger partial charge in [0.1, 0.15) is 24.4 Å². The molecule has 0 bridgehead atoms. The largest absolute Gasteiger partial charge is 0.394 e. The molecule has 7 N–H and O–H groups in total. The van der Waals surface area contributed by atoms with E-state index in [1.54, 1.807) is 0 Å². The Morgan fingerprint density at radius 3 is 2.22 bits per heavy atom. The Bertz CT molecular complexity index is 1100. The van der Waals surface area contributed by atoms with Crippen LogP contribution >= 0.6 is 0 Å². The number of aliphatic hydroxyl groups is 7. The van der Waals surface area contributed by atoms with Crippen molar-refractivity contribution in [1.29, 1.82) is 0 Å². The number of ether oxygens (including phenoxy) is 2. The summed E-state index contributed by atoms with van der Waals surface area (Å²) in [5.74, 6) is -0.186. The maximum Gasteiger partial charge on any atom is 0.186 e. The molecule has 45 heavy (non-hydrogen) atoms. The molecule has 0 aromatic carbocycles. The van der Waals surface area contributed by atoms with Gasteiger partial charge < -0.3 is 45.2 Å². The van der Waals surface area contributed by atoms with Crippen molar-refractivity contribution in [2.75, 3.05) is 6.61 Å². The second-order valence-corrected chi connectivity index (χ2v) is 17.5. The fraction of sp³-hybridized carbons (Fsp3) is 0.944. The zero-order chi connectivity index (χ0) is 33.5. The van der Waals surface area contributed by atoms with Crippen molar-refractivity contribution in [1.82, 2.24) is 0 Å². The summed E-state index contributed by atoms with van der Waals surface area (Å²) in [6, 6.07) is 0. The highest BCUT2D eigenvalue weighted by Gasteiger charge is 2.73. The first-order valence-corrected chi connectivity index (χ1v) is 17.4. The van der Waals surface area contributed by atoms with E-state index in [0.717, 1.165) is 25.7 Å². The fourth-order valence-electron chi connectivity index (χ4n) is 11.9. The molecular formula is C36H62O9. The Morgan fingerprint density at radius 1 is 0.933 bits per heavy atom. The Labute approximate surface area is 270 Å². The summed E-state index contributed by atoms with van der Waals surface area (Å²) in [6.07, 6.45) is -0.603. The lowest BCUT2D eigenvalue weighted by Crippen LogP contribution is -2.71. The normalized spacial score (nSPS) is 52.2. The van der Waals surface area contributed by atoms with E-state index in [2.05, 4.69) is 54.5 Å². The first-order valence-electron chi connectivity index (χ1n) is 17.4. The third-order valence-corrected chi connectivity index (χ3v) is 14.4. The van der Waals surface area contributed by atoms with Crippen LogP contribution in [0.3, 0.4) is 0 Å². The van der Waals surface area contributed by atoms with Crippen molar-refractivity contribution >= 4 is 0 Å². The third-order valence-electron chi connectivity index (χ3n) is 14.4. The van der Waals surface area contributed by atoms with Crippen molar-refractivity contribution in [3.63, 3.8) is 0 Å². The maximum absolute atomic E-state index is 12.1. The zero-order valence-corrected chi connectivity index (χ0v) is 28.8. The second-order valence-electron chi connectivity index (χ2n) is 17.5. The molecule has 9 nitrogen and oxygen atoms in total. The summed E-state index contributed by atoms with van der Waals surface area (Å²) in [5.41, 5.74) is -1.21. The van der Waals surface area contributed by atoms with Gasteiger partial charge in [0.25, 0.3) is 0 Å². The van der Waals surface area contributed by atoms with Crippen molar-refractivity contribution in [2.24, 2.45) is 45.3 Å². The average molecular weight is 639 g/mol. The van der Waals surface area contributed by atoms with Crippen LogP contribution in [0.5, 0.6) is 0 Å². The van der Waals surface area contributed by atoms with Crippen molar-refractivity contribution in [3.8, 4) is 0 Å². The van der Waals surface area contributed by atoms with Crippen LogP contribution in [0.4, 0.5) is 0 Å². The molecule has 1 saturated heterocycles. The van der Waals surface area contributed by atoms with Gasteiger partial charge in [0.2, 0.25) is 0 Å². The Kier molecular flexibility index (Phi) is 9.56. The van der Waals surface area contributed by atoms with E-state index < -0.39 is 66.6 Å². The van der Waals surface area contributed by atoms with Gasteiger partial charge in [-0.3, -0.25) is 0 Å². The van der Waals surface area contributed by atoms with Gasteiger partial charge in [-0.2, -0.15) is 0 Å². The highest BCUT2D eigenvalue weighted by Crippen LogP contribution is 2.76. The van der Waals surface area contributed by atoms with Crippen molar-refractivity contribution < 1.29 is 45.2 Å². The molecule has 5 rings (SSSR count). The Balaban J connectivity index is 1.54. The number of fused-ring (bicyclic) bond motifs is 5. The highest BCUT2D eigenvalue weighted by molar-refractivity contribution is 5.22. The topological polar surface area (TPSA) is 160 Å². The molecule has 0 aromatic rings. The molecule has 16 atom stereocenters. The molecule has 0 radical (unpaired) electrons. The number of hydrogen-bond donors (Lipinski definition) is 7. The van der Waals surface area contributed by atoms with Gasteiger partial charge in [-0.05, 0) is 117 Å². The lowest BCUT2D eigenvalue weighted by molar-refractivity contribution is -0.346. The Morgan fingerprint density at radius 2 is 1.60 bits per heavy atom. The number of rotatable bonds is 7. The minimum atomic E-state index is -1.54. The smallest absolute Gasteiger partial charge is 0.186 e. The lowest BCUT2D eigenvalue weighted by atomic mass is 9.34. The summed E-state index contributed by atoms with van der Waals surface area (Å²) in [4.78, 5) is 0. The molecule has 0 amide bonds. The van der Waals surface area contributed by atoms with Crippen molar-refractivity contribution in [3.05, 3.63) is 11.6 Å². The minimum Gasteiger partial charge on any atom is -0.394 e. The summed E-state index contributed by atoms with van der Waals surface area (Å²) in [5, 5.41) is 77.2.